The molecule has 0 unspecified atom stereocenters. The minimum atomic E-state index is -4.81. The molecule has 1 N–H and O–H groups in total. The Kier molecular flexibility index (Phi) is 4.42. The van der Waals surface area contributed by atoms with Crippen LogP contribution in [0.25, 0.3) is 5.95 Å². The summed E-state index contributed by atoms with van der Waals surface area (Å²) in [5, 5.41) is 6.05. The zero-order valence-corrected chi connectivity index (χ0v) is 12.6. The average Bonchev–Trinajstić information content (AvgIpc) is 3.07. The molecular weight excluding hydrogens is 337 g/mol. The molecule has 0 aliphatic carbocycles. The summed E-state index contributed by atoms with van der Waals surface area (Å²) in [6.45, 7) is 0.0387. The molecule has 128 valence electrons. The van der Waals surface area contributed by atoms with E-state index in [1.165, 1.54) is 24.7 Å². The second-order valence-corrected chi connectivity index (χ2v) is 4.91. The molecule has 0 bridgehead atoms. The standard InChI is InChI=1S/C15H11F3N6O/c16-15(17,18)12-11(9-23-24(12)14-20-5-2-6-21-14)13(25)22-8-10-3-1-4-19-7-10/h1-7,9H,8H2,(H,22,25). The van der Waals surface area contributed by atoms with Crippen molar-refractivity contribution in [1.29, 1.82) is 0 Å². The number of pyridine rings is 1. The van der Waals surface area contributed by atoms with Crippen LogP contribution in [-0.2, 0) is 12.7 Å². The SMILES string of the molecule is O=C(NCc1cccnc1)c1cnn(-c2ncccn2)c1C(F)(F)F. The minimum Gasteiger partial charge on any atom is -0.348 e. The van der Waals surface area contributed by atoms with Gasteiger partial charge in [-0.1, -0.05) is 6.07 Å². The minimum absolute atomic E-state index is 0.0387. The molecule has 7 nitrogen and oxygen atoms in total. The third-order valence-corrected chi connectivity index (χ3v) is 3.20. The highest BCUT2D eigenvalue weighted by Crippen LogP contribution is 2.33. The number of hydrogen-bond acceptors (Lipinski definition) is 5. The highest BCUT2D eigenvalue weighted by Gasteiger charge is 2.41. The van der Waals surface area contributed by atoms with Gasteiger partial charge in [0.1, 0.15) is 0 Å². The Hall–Kier alpha value is -3.30. The Morgan fingerprint density at radius 3 is 2.52 bits per heavy atom. The molecule has 10 heteroatoms. The molecular formula is C15H11F3N6O. The first-order valence-corrected chi connectivity index (χ1v) is 7.06. The molecule has 3 aromatic rings. The van der Waals surface area contributed by atoms with Crippen LogP contribution in [0.3, 0.4) is 0 Å². The summed E-state index contributed by atoms with van der Waals surface area (Å²) in [6, 6.07) is 4.81. The predicted molar refractivity (Wildman–Crippen MR) is 79.6 cm³/mol. The molecule has 0 fully saturated rings. The number of aromatic nitrogens is 5. The number of carbonyl (C=O) groups is 1. The van der Waals surface area contributed by atoms with Crippen LogP contribution in [0, 0.1) is 0 Å². The maximum atomic E-state index is 13.4. The normalized spacial score (nSPS) is 11.3. The molecule has 25 heavy (non-hydrogen) atoms. The lowest BCUT2D eigenvalue weighted by molar-refractivity contribution is -0.143. The number of nitrogens with zero attached hydrogens (tertiary/aromatic N) is 5. The summed E-state index contributed by atoms with van der Waals surface area (Å²) in [5.41, 5.74) is -1.19. The summed E-state index contributed by atoms with van der Waals surface area (Å²) in [7, 11) is 0. The van der Waals surface area contributed by atoms with E-state index in [0.29, 0.717) is 10.2 Å². The molecule has 3 aromatic heterocycles. The van der Waals surface area contributed by atoms with Crippen LogP contribution in [0.4, 0.5) is 13.2 Å². The largest absolute Gasteiger partial charge is 0.434 e. The number of amides is 1. The zero-order chi connectivity index (χ0) is 17.9. The van der Waals surface area contributed by atoms with Crippen molar-refractivity contribution in [3.05, 3.63) is 66.0 Å². The van der Waals surface area contributed by atoms with Gasteiger partial charge in [-0.25, -0.2) is 9.97 Å². The van der Waals surface area contributed by atoms with E-state index in [-0.39, 0.29) is 12.5 Å². The monoisotopic (exact) mass is 348 g/mol. The zero-order valence-electron chi connectivity index (χ0n) is 12.6. The first kappa shape index (κ1) is 16.6. The third-order valence-electron chi connectivity index (χ3n) is 3.20. The summed E-state index contributed by atoms with van der Waals surface area (Å²) in [6.07, 6.45) is 1.66. The Balaban J connectivity index is 1.91. The van der Waals surface area contributed by atoms with Crippen LogP contribution in [0.5, 0.6) is 0 Å². The fourth-order valence-corrected chi connectivity index (χ4v) is 2.12. The lowest BCUT2D eigenvalue weighted by atomic mass is 10.2. The van der Waals surface area contributed by atoms with E-state index >= 15 is 0 Å². The van der Waals surface area contributed by atoms with E-state index in [0.717, 1.165) is 6.20 Å². The molecule has 0 aliphatic rings. The Morgan fingerprint density at radius 2 is 1.88 bits per heavy atom. The molecule has 3 heterocycles. The lowest BCUT2D eigenvalue weighted by Crippen LogP contribution is -2.26. The molecule has 0 saturated carbocycles. The van der Waals surface area contributed by atoms with Gasteiger partial charge in [-0.15, -0.1) is 0 Å². The first-order chi connectivity index (χ1) is 12.0. The van der Waals surface area contributed by atoms with Gasteiger partial charge in [-0.05, 0) is 17.7 Å². The fourth-order valence-electron chi connectivity index (χ4n) is 2.12. The number of alkyl halides is 3. The second kappa shape index (κ2) is 6.67. The van der Waals surface area contributed by atoms with Crippen molar-refractivity contribution in [1.82, 2.24) is 30.0 Å². The Bertz CT molecular complexity index is 864. The average molecular weight is 348 g/mol. The van der Waals surface area contributed by atoms with Crippen molar-refractivity contribution in [3.63, 3.8) is 0 Å². The van der Waals surface area contributed by atoms with Crippen molar-refractivity contribution < 1.29 is 18.0 Å². The fraction of sp³-hybridized carbons (Fsp3) is 0.133. The summed E-state index contributed by atoms with van der Waals surface area (Å²) in [4.78, 5) is 23.6. The van der Waals surface area contributed by atoms with Gasteiger partial charge >= 0.3 is 6.18 Å². The third kappa shape index (κ3) is 3.62. The number of halogens is 3. The molecule has 0 aromatic carbocycles. The molecule has 3 rings (SSSR count). The van der Waals surface area contributed by atoms with E-state index < -0.39 is 23.3 Å². The van der Waals surface area contributed by atoms with Crippen molar-refractivity contribution in [2.45, 2.75) is 12.7 Å². The van der Waals surface area contributed by atoms with Crippen LogP contribution < -0.4 is 5.32 Å². The summed E-state index contributed by atoms with van der Waals surface area (Å²) in [5.74, 6) is -1.18. The van der Waals surface area contributed by atoms with Crippen LogP contribution in [-0.4, -0.2) is 30.6 Å². The van der Waals surface area contributed by atoms with Crippen LogP contribution in [0.15, 0.2) is 49.2 Å². The van der Waals surface area contributed by atoms with Gasteiger partial charge < -0.3 is 5.32 Å². The van der Waals surface area contributed by atoms with Gasteiger partial charge in [0.15, 0.2) is 5.69 Å². The number of hydrogen-bond donors (Lipinski definition) is 1. The Morgan fingerprint density at radius 1 is 1.12 bits per heavy atom. The van der Waals surface area contributed by atoms with Gasteiger partial charge in [-0.2, -0.15) is 23.0 Å². The van der Waals surface area contributed by atoms with Gasteiger partial charge in [0, 0.05) is 31.3 Å². The first-order valence-electron chi connectivity index (χ1n) is 7.06. The predicted octanol–water partition coefficient (Wildman–Crippen LogP) is 2.01. The molecule has 0 spiro atoms. The smallest absolute Gasteiger partial charge is 0.348 e. The number of carbonyl (C=O) groups excluding carboxylic acids is 1. The van der Waals surface area contributed by atoms with E-state index in [1.54, 1.807) is 18.3 Å². The van der Waals surface area contributed by atoms with E-state index in [4.69, 9.17) is 0 Å². The molecule has 0 aliphatic heterocycles. The van der Waals surface area contributed by atoms with Crippen molar-refractivity contribution in [2.24, 2.45) is 0 Å². The van der Waals surface area contributed by atoms with Crippen LogP contribution in [0.2, 0.25) is 0 Å². The molecule has 0 atom stereocenters. The van der Waals surface area contributed by atoms with Gasteiger partial charge in [-0.3, -0.25) is 9.78 Å². The topological polar surface area (TPSA) is 85.6 Å². The van der Waals surface area contributed by atoms with E-state index in [9.17, 15) is 18.0 Å². The molecule has 0 radical (unpaired) electrons. The molecule has 1 amide bonds. The maximum absolute atomic E-state index is 13.4. The Labute approximate surface area is 139 Å². The van der Waals surface area contributed by atoms with Gasteiger partial charge in [0.25, 0.3) is 11.9 Å². The van der Waals surface area contributed by atoms with E-state index in [2.05, 4.69) is 25.4 Å². The highest BCUT2D eigenvalue weighted by molar-refractivity contribution is 5.95. The lowest BCUT2D eigenvalue weighted by Gasteiger charge is -2.11. The number of nitrogens with one attached hydrogen (secondary N) is 1. The van der Waals surface area contributed by atoms with Gasteiger partial charge in [0.05, 0.1) is 11.8 Å². The van der Waals surface area contributed by atoms with E-state index in [1.807, 2.05) is 0 Å². The number of rotatable bonds is 4. The van der Waals surface area contributed by atoms with Gasteiger partial charge in [0.2, 0.25) is 0 Å². The van der Waals surface area contributed by atoms with Crippen molar-refractivity contribution in [3.8, 4) is 5.95 Å². The van der Waals surface area contributed by atoms with Crippen molar-refractivity contribution >= 4 is 5.91 Å². The van der Waals surface area contributed by atoms with Crippen LogP contribution in [0.1, 0.15) is 21.6 Å². The summed E-state index contributed by atoms with van der Waals surface area (Å²) >= 11 is 0. The second-order valence-electron chi connectivity index (χ2n) is 4.91. The summed E-state index contributed by atoms with van der Waals surface area (Å²) < 4.78 is 40.8. The quantitative estimate of drug-likeness (QED) is 0.779. The highest BCUT2D eigenvalue weighted by atomic mass is 19.4. The molecule has 0 saturated heterocycles. The maximum Gasteiger partial charge on any atom is 0.434 e. The van der Waals surface area contributed by atoms with Crippen LogP contribution >= 0.6 is 0 Å². The van der Waals surface area contributed by atoms with Crippen molar-refractivity contribution in [2.75, 3.05) is 0 Å².